The molecule has 0 aliphatic heterocycles. The summed E-state index contributed by atoms with van der Waals surface area (Å²) >= 11 is 5.95. The lowest BCUT2D eigenvalue weighted by Crippen LogP contribution is -2.18. The van der Waals surface area contributed by atoms with Crippen LogP contribution in [0.5, 0.6) is 0 Å². The second-order valence-corrected chi connectivity index (χ2v) is 5.32. The highest BCUT2D eigenvalue weighted by molar-refractivity contribution is 6.30. The van der Waals surface area contributed by atoms with Gasteiger partial charge in [-0.1, -0.05) is 41.9 Å². The lowest BCUT2D eigenvalue weighted by atomic mass is 9.99. The van der Waals surface area contributed by atoms with Crippen molar-refractivity contribution in [2.75, 3.05) is 7.05 Å². The summed E-state index contributed by atoms with van der Waals surface area (Å²) in [5, 5.41) is 3.75. The third-order valence-corrected chi connectivity index (χ3v) is 3.72. The summed E-state index contributed by atoms with van der Waals surface area (Å²) < 4.78 is 13.9. The Kier molecular flexibility index (Phi) is 5.57. The maximum absolute atomic E-state index is 13.9. The summed E-state index contributed by atoms with van der Waals surface area (Å²) in [6.07, 6.45) is 2.88. The monoisotopic (exact) mass is 291 g/mol. The summed E-state index contributed by atoms with van der Waals surface area (Å²) in [4.78, 5) is 0. The third-order valence-electron chi connectivity index (χ3n) is 3.48. The van der Waals surface area contributed by atoms with E-state index in [1.54, 1.807) is 12.1 Å². The average molecular weight is 292 g/mol. The zero-order chi connectivity index (χ0) is 14.4. The van der Waals surface area contributed by atoms with E-state index >= 15 is 0 Å². The minimum atomic E-state index is -0.200. The molecule has 1 unspecified atom stereocenters. The van der Waals surface area contributed by atoms with Crippen molar-refractivity contribution >= 4 is 11.6 Å². The molecule has 0 saturated heterocycles. The van der Waals surface area contributed by atoms with Crippen LogP contribution in [0.2, 0.25) is 5.02 Å². The second kappa shape index (κ2) is 7.41. The van der Waals surface area contributed by atoms with Gasteiger partial charge in [-0.15, -0.1) is 0 Å². The molecule has 2 aromatic rings. The maximum Gasteiger partial charge on any atom is 0.128 e. The number of benzene rings is 2. The van der Waals surface area contributed by atoms with Gasteiger partial charge in [0.15, 0.2) is 0 Å². The fourth-order valence-corrected chi connectivity index (χ4v) is 2.57. The fourth-order valence-electron chi connectivity index (χ4n) is 2.39. The van der Waals surface area contributed by atoms with Crippen molar-refractivity contribution in [2.24, 2.45) is 0 Å². The van der Waals surface area contributed by atoms with E-state index in [4.69, 9.17) is 11.6 Å². The number of halogens is 2. The van der Waals surface area contributed by atoms with Crippen molar-refractivity contribution in [2.45, 2.75) is 25.3 Å². The Labute approximate surface area is 124 Å². The van der Waals surface area contributed by atoms with Crippen LogP contribution in [0.3, 0.4) is 0 Å². The van der Waals surface area contributed by atoms with Gasteiger partial charge in [0.1, 0.15) is 5.82 Å². The average Bonchev–Trinajstić information content (AvgIpc) is 2.48. The maximum atomic E-state index is 13.9. The summed E-state index contributed by atoms with van der Waals surface area (Å²) in [6.45, 7) is 0. The van der Waals surface area contributed by atoms with E-state index in [1.165, 1.54) is 11.6 Å². The molecule has 0 aliphatic carbocycles. The zero-order valence-electron chi connectivity index (χ0n) is 11.6. The third kappa shape index (κ3) is 4.06. The van der Waals surface area contributed by atoms with E-state index in [1.807, 2.05) is 25.2 Å². The van der Waals surface area contributed by atoms with Crippen molar-refractivity contribution in [3.63, 3.8) is 0 Å². The van der Waals surface area contributed by atoms with Crippen LogP contribution in [0.4, 0.5) is 4.39 Å². The molecule has 0 fully saturated rings. The smallest absolute Gasteiger partial charge is 0.128 e. The minimum absolute atomic E-state index is 0.00240. The molecule has 0 amide bonds. The van der Waals surface area contributed by atoms with Crippen LogP contribution < -0.4 is 5.32 Å². The number of hydrogen-bond acceptors (Lipinski definition) is 1. The second-order valence-electron chi connectivity index (χ2n) is 4.88. The Balaban J connectivity index is 1.97. The highest BCUT2D eigenvalue weighted by Crippen LogP contribution is 2.25. The summed E-state index contributed by atoms with van der Waals surface area (Å²) in [5.41, 5.74) is 1.96. The summed E-state index contributed by atoms with van der Waals surface area (Å²) in [5.74, 6) is -0.200. The van der Waals surface area contributed by atoms with Crippen molar-refractivity contribution in [3.05, 3.63) is 70.5 Å². The predicted molar refractivity (Wildman–Crippen MR) is 82.6 cm³/mol. The number of hydrogen-bond donors (Lipinski definition) is 1. The van der Waals surface area contributed by atoms with Crippen LogP contribution in [0.1, 0.15) is 30.0 Å². The normalized spacial score (nSPS) is 12.3. The molecule has 2 aromatic carbocycles. The van der Waals surface area contributed by atoms with E-state index < -0.39 is 0 Å². The summed E-state index contributed by atoms with van der Waals surface area (Å²) in [7, 11) is 1.85. The van der Waals surface area contributed by atoms with Crippen molar-refractivity contribution in [1.82, 2.24) is 5.32 Å². The van der Waals surface area contributed by atoms with Gasteiger partial charge in [-0.05, 0) is 50.1 Å². The van der Waals surface area contributed by atoms with Crippen LogP contribution in [-0.2, 0) is 6.42 Å². The van der Waals surface area contributed by atoms with Crippen molar-refractivity contribution in [3.8, 4) is 0 Å². The van der Waals surface area contributed by atoms with E-state index in [0.717, 1.165) is 19.3 Å². The first-order valence-corrected chi connectivity index (χ1v) is 7.24. The standard InChI is InChI=1S/C17H19ClFN/c1-20-17(15-12-14(18)10-11-16(15)19)9-5-8-13-6-3-2-4-7-13/h2-4,6-7,10-12,17,20H,5,8-9H2,1H3. The van der Waals surface area contributed by atoms with Crippen molar-refractivity contribution in [1.29, 1.82) is 0 Å². The van der Waals surface area contributed by atoms with Crippen LogP contribution in [0.15, 0.2) is 48.5 Å². The van der Waals surface area contributed by atoms with Gasteiger partial charge < -0.3 is 5.32 Å². The molecule has 0 aliphatic rings. The number of aryl methyl sites for hydroxylation is 1. The molecular weight excluding hydrogens is 273 g/mol. The Morgan fingerprint density at radius 1 is 1.15 bits per heavy atom. The summed E-state index contributed by atoms with van der Waals surface area (Å²) in [6, 6.07) is 15.1. The molecule has 0 radical (unpaired) electrons. The molecule has 0 heterocycles. The van der Waals surface area contributed by atoms with Crippen LogP contribution >= 0.6 is 11.6 Å². The molecule has 3 heteroatoms. The topological polar surface area (TPSA) is 12.0 Å². The van der Waals surface area contributed by atoms with Gasteiger partial charge >= 0.3 is 0 Å². The molecule has 20 heavy (non-hydrogen) atoms. The molecule has 1 N–H and O–H groups in total. The van der Waals surface area contributed by atoms with Gasteiger partial charge in [-0.2, -0.15) is 0 Å². The number of nitrogens with one attached hydrogen (secondary N) is 1. The first-order valence-electron chi connectivity index (χ1n) is 6.87. The Bertz CT molecular complexity index is 542. The minimum Gasteiger partial charge on any atom is -0.313 e. The Morgan fingerprint density at radius 2 is 1.90 bits per heavy atom. The molecule has 0 aromatic heterocycles. The quantitative estimate of drug-likeness (QED) is 0.809. The van der Waals surface area contributed by atoms with Crippen LogP contribution in [-0.4, -0.2) is 7.05 Å². The zero-order valence-corrected chi connectivity index (χ0v) is 12.3. The van der Waals surface area contributed by atoms with Gasteiger partial charge in [0, 0.05) is 16.6 Å². The van der Waals surface area contributed by atoms with Crippen LogP contribution in [0.25, 0.3) is 0 Å². The van der Waals surface area contributed by atoms with E-state index in [2.05, 4.69) is 17.4 Å². The molecule has 106 valence electrons. The predicted octanol–water partition coefficient (Wildman–Crippen LogP) is 4.76. The lowest BCUT2D eigenvalue weighted by molar-refractivity contribution is 0.494. The van der Waals surface area contributed by atoms with E-state index in [9.17, 15) is 4.39 Å². The van der Waals surface area contributed by atoms with E-state index in [0.29, 0.717) is 10.6 Å². The van der Waals surface area contributed by atoms with Gasteiger partial charge in [0.2, 0.25) is 0 Å². The van der Waals surface area contributed by atoms with Gasteiger partial charge in [-0.25, -0.2) is 4.39 Å². The van der Waals surface area contributed by atoms with Crippen molar-refractivity contribution < 1.29 is 4.39 Å². The highest BCUT2D eigenvalue weighted by Gasteiger charge is 2.14. The van der Waals surface area contributed by atoms with Gasteiger partial charge in [-0.3, -0.25) is 0 Å². The highest BCUT2D eigenvalue weighted by atomic mass is 35.5. The molecule has 1 nitrogen and oxygen atoms in total. The number of rotatable bonds is 6. The van der Waals surface area contributed by atoms with E-state index in [-0.39, 0.29) is 11.9 Å². The largest absolute Gasteiger partial charge is 0.313 e. The SMILES string of the molecule is CNC(CCCc1ccccc1)c1cc(Cl)ccc1F. The molecule has 2 rings (SSSR count). The Morgan fingerprint density at radius 3 is 2.60 bits per heavy atom. The van der Waals surface area contributed by atoms with Gasteiger partial charge in [0.05, 0.1) is 0 Å². The first-order chi connectivity index (χ1) is 9.70. The fraction of sp³-hybridized carbons (Fsp3) is 0.294. The molecule has 0 spiro atoms. The first kappa shape index (κ1) is 15.0. The Hall–Kier alpha value is -1.38. The van der Waals surface area contributed by atoms with Gasteiger partial charge in [0.25, 0.3) is 0 Å². The molecule has 1 atom stereocenters. The van der Waals surface area contributed by atoms with Crippen LogP contribution in [0, 0.1) is 5.82 Å². The molecular formula is C17H19ClFN. The lowest BCUT2D eigenvalue weighted by Gasteiger charge is -2.17. The molecule has 0 saturated carbocycles. The molecule has 0 bridgehead atoms.